The SMILES string of the molecule is CC(C)C(=O)N1CC=C(I)CC1. The van der Waals surface area contributed by atoms with Gasteiger partial charge in [-0.05, 0) is 32.6 Å². The maximum absolute atomic E-state index is 11.5. The van der Waals surface area contributed by atoms with Gasteiger partial charge in [0.25, 0.3) is 0 Å². The summed E-state index contributed by atoms with van der Waals surface area (Å²) in [6.07, 6.45) is 3.16. The number of hydrogen-bond donors (Lipinski definition) is 0. The summed E-state index contributed by atoms with van der Waals surface area (Å²) in [7, 11) is 0. The lowest BCUT2D eigenvalue weighted by atomic mass is 10.1. The predicted octanol–water partition coefficient (Wildman–Crippen LogP) is 2.19. The molecule has 3 heteroatoms. The third-order valence-corrected chi connectivity index (χ3v) is 2.94. The average Bonchev–Trinajstić information content (AvgIpc) is 2.04. The van der Waals surface area contributed by atoms with Crippen molar-refractivity contribution in [1.82, 2.24) is 4.90 Å². The summed E-state index contributed by atoms with van der Waals surface area (Å²) in [6.45, 7) is 5.60. The normalized spacial score (nSPS) is 18.0. The van der Waals surface area contributed by atoms with Crippen molar-refractivity contribution in [2.45, 2.75) is 20.3 Å². The Bertz CT molecular complexity index is 211. The number of carbonyl (C=O) groups excluding carboxylic acids is 1. The molecule has 0 aromatic rings. The monoisotopic (exact) mass is 279 g/mol. The van der Waals surface area contributed by atoms with Crippen LogP contribution in [0.25, 0.3) is 0 Å². The Hall–Kier alpha value is -0.0600. The first-order chi connectivity index (χ1) is 5.61. The van der Waals surface area contributed by atoms with Crippen LogP contribution in [0.4, 0.5) is 0 Å². The zero-order valence-corrected chi connectivity index (χ0v) is 9.67. The van der Waals surface area contributed by atoms with Gasteiger partial charge in [0.05, 0.1) is 0 Å². The average molecular weight is 279 g/mol. The molecule has 0 saturated carbocycles. The molecule has 0 aromatic heterocycles. The summed E-state index contributed by atoms with van der Waals surface area (Å²) < 4.78 is 1.38. The highest BCUT2D eigenvalue weighted by Gasteiger charge is 2.18. The van der Waals surface area contributed by atoms with E-state index in [0.29, 0.717) is 0 Å². The molecule has 0 atom stereocenters. The summed E-state index contributed by atoms with van der Waals surface area (Å²) in [5, 5.41) is 0. The largest absolute Gasteiger partial charge is 0.338 e. The molecule has 2 nitrogen and oxygen atoms in total. The minimum Gasteiger partial charge on any atom is -0.338 e. The first-order valence-corrected chi connectivity index (χ1v) is 5.32. The Morgan fingerprint density at radius 2 is 2.33 bits per heavy atom. The van der Waals surface area contributed by atoms with Gasteiger partial charge in [0.2, 0.25) is 5.91 Å². The van der Waals surface area contributed by atoms with E-state index in [-0.39, 0.29) is 11.8 Å². The predicted molar refractivity (Wildman–Crippen MR) is 58.1 cm³/mol. The highest BCUT2D eigenvalue weighted by molar-refractivity contribution is 14.1. The first-order valence-electron chi connectivity index (χ1n) is 4.24. The highest BCUT2D eigenvalue weighted by atomic mass is 127. The van der Waals surface area contributed by atoms with Gasteiger partial charge in [0.1, 0.15) is 0 Å². The van der Waals surface area contributed by atoms with Gasteiger partial charge in [0, 0.05) is 19.0 Å². The van der Waals surface area contributed by atoms with Crippen LogP contribution in [0.3, 0.4) is 0 Å². The molecule has 0 N–H and O–H groups in total. The number of rotatable bonds is 1. The van der Waals surface area contributed by atoms with Gasteiger partial charge in [-0.3, -0.25) is 4.79 Å². The maximum atomic E-state index is 11.5. The molecule has 0 saturated heterocycles. The molecule has 68 valence electrons. The van der Waals surface area contributed by atoms with Crippen molar-refractivity contribution in [2.75, 3.05) is 13.1 Å². The molecule has 1 rings (SSSR count). The topological polar surface area (TPSA) is 20.3 Å². The Morgan fingerprint density at radius 3 is 2.75 bits per heavy atom. The van der Waals surface area contributed by atoms with Gasteiger partial charge >= 0.3 is 0 Å². The van der Waals surface area contributed by atoms with E-state index in [1.165, 1.54) is 3.58 Å². The molecular formula is C9H14INO. The van der Waals surface area contributed by atoms with Crippen LogP contribution in [0, 0.1) is 5.92 Å². The zero-order chi connectivity index (χ0) is 9.14. The quantitative estimate of drug-likeness (QED) is 0.674. The second-order valence-corrected chi connectivity index (χ2v) is 4.73. The summed E-state index contributed by atoms with van der Waals surface area (Å²) in [5.41, 5.74) is 0. The van der Waals surface area contributed by atoms with E-state index in [9.17, 15) is 4.79 Å². The van der Waals surface area contributed by atoms with Crippen molar-refractivity contribution in [2.24, 2.45) is 5.92 Å². The van der Waals surface area contributed by atoms with Crippen LogP contribution >= 0.6 is 22.6 Å². The standard InChI is InChI=1S/C9H14INO/c1-7(2)9(12)11-5-3-8(10)4-6-11/h3,7H,4-6H2,1-2H3. The van der Waals surface area contributed by atoms with E-state index >= 15 is 0 Å². The molecule has 0 aromatic carbocycles. The van der Waals surface area contributed by atoms with E-state index in [4.69, 9.17) is 0 Å². The molecule has 1 aliphatic heterocycles. The number of carbonyl (C=O) groups is 1. The second-order valence-electron chi connectivity index (χ2n) is 3.34. The van der Waals surface area contributed by atoms with Crippen LogP contribution in [-0.4, -0.2) is 23.9 Å². The lowest BCUT2D eigenvalue weighted by molar-refractivity contribution is -0.134. The molecule has 0 radical (unpaired) electrons. The molecule has 1 amide bonds. The van der Waals surface area contributed by atoms with Gasteiger partial charge in [-0.2, -0.15) is 0 Å². The number of nitrogens with zero attached hydrogens (tertiary/aromatic N) is 1. The summed E-state index contributed by atoms with van der Waals surface area (Å²) in [6, 6.07) is 0. The summed E-state index contributed by atoms with van der Waals surface area (Å²) in [5.74, 6) is 0.407. The van der Waals surface area contributed by atoms with Crippen LogP contribution in [0.5, 0.6) is 0 Å². The van der Waals surface area contributed by atoms with Crippen LogP contribution in [-0.2, 0) is 4.79 Å². The third-order valence-electron chi connectivity index (χ3n) is 1.96. The first kappa shape index (κ1) is 10.0. The fourth-order valence-electron chi connectivity index (χ4n) is 1.21. The van der Waals surface area contributed by atoms with Crippen molar-refractivity contribution in [3.05, 3.63) is 9.66 Å². The lowest BCUT2D eigenvalue weighted by Crippen LogP contribution is -2.37. The Morgan fingerprint density at radius 1 is 1.67 bits per heavy atom. The maximum Gasteiger partial charge on any atom is 0.225 e. The highest BCUT2D eigenvalue weighted by Crippen LogP contribution is 2.17. The van der Waals surface area contributed by atoms with Crippen molar-refractivity contribution >= 4 is 28.5 Å². The summed E-state index contributed by atoms with van der Waals surface area (Å²) in [4.78, 5) is 13.4. The van der Waals surface area contributed by atoms with Crippen molar-refractivity contribution in [3.8, 4) is 0 Å². The molecule has 0 fully saturated rings. The van der Waals surface area contributed by atoms with E-state index in [1.54, 1.807) is 0 Å². The second kappa shape index (κ2) is 4.25. The van der Waals surface area contributed by atoms with Crippen molar-refractivity contribution < 1.29 is 4.79 Å². The third kappa shape index (κ3) is 2.47. The van der Waals surface area contributed by atoms with Crippen LogP contribution < -0.4 is 0 Å². The molecule has 1 aliphatic rings. The van der Waals surface area contributed by atoms with Gasteiger partial charge in [-0.15, -0.1) is 0 Å². The van der Waals surface area contributed by atoms with E-state index in [2.05, 4.69) is 28.7 Å². The molecule has 0 spiro atoms. The molecule has 1 heterocycles. The van der Waals surface area contributed by atoms with Crippen LogP contribution in [0.15, 0.2) is 9.66 Å². The van der Waals surface area contributed by atoms with Crippen molar-refractivity contribution in [3.63, 3.8) is 0 Å². The number of amides is 1. The minimum absolute atomic E-state index is 0.133. The van der Waals surface area contributed by atoms with E-state index < -0.39 is 0 Å². The zero-order valence-electron chi connectivity index (χ0n) is 7.51. The van der Waals surface area contributed by atoms with Gasteiger partial charge < -0.3 is 4.90 Å². The van der Waals surface area contributed by atoms with E-state index in [1.807, 2.05) is 18.7 Å². The molecule has 0 bridgehead atoms. The summed E-state index contributed by atoms with van der Waals surface area (Å²) >= 11 is 2.33. The number of halogens is 1. The lowest BCUT2D eigenvalue weighted by Gasteiger charge is -2.26. The van der Waals surface area contributed by atoms with Crippen LogP contribution in [0.1, 0.15) is 20.3 Å². The molecular weight excluding hydrogens is 265 g/mol. The molecule has 0 aliphatic carbocycles. The fourth-order valence-corrected chi connectivity index (χ4v) is 1.65. The fraction of sp³-hybridized carbons (Fsp3) is 0.667. The smallest absolute Gasteiger partial charge is 0.225 e. The molecule has 12 heavy (non-hydrogen) atoms. The Labute approximate surface area is 87.1 Å². The van der Waals surface area contributed by atoms with Gasteiger partial charge in [0.15, 0.2) is 0 Å². The van der Waals surface area contributed by atoms with E-state index in [0.717, 1.165) is 19.5 Å². The van der Waals surface area contributed by atoms with Crippen molar-refractivity contribution in [1.29, 1.82) is 0 Å². The Kier molecular flexibility index (Phi) is 3.55. The molecule has 0 unspecified atom stereocenters. The van der Waals surface area contributed by atoms with Gasteiger partial charge in [-0.25, -0.2) is 0 Å². The minimum atomic E-state index is 0.133. The van der Waals surface area contributed by atoms with Gasteiger partial charge in [-0.1, -0.05) is 19.9 Å². The number of hydrogen-bond acceptors (Lipinski definition) is 1. The Balaban J connectivity index is 2.51. The van der Waals surface area contributed by atoms with Crippen LogP contribution in [0.2, 0.25) is 0 Å².